The molecule has 2 N–H and O–H groups in total. The fraction of sp³-hybridized carbons (Fsp3) is 0.188. The van der Waals surface area contributed by atoms with Gasteiger partial charge in [-0.05, 0) is 36.4 Å². The fourth-order valence-electron chi connectivity index (χ4n) is 2.11. The molecule has 6 nitrogen and oxygen atoms in total. The van der Waals surface area contributed by atoms with Gasteiger partial charge in [0.05, 0.1) is 17.8 Å². The van der Waals surface area contributed by atoms with Crippen molar-refractivity contribution in [2.45, 2.75) is 0 Å². The molecule has 23 heavy (non-hydrogen) atoms. The second-order valence-corrected chi connectivity index (χ2v) is 4.80. The second kappa shape index (κ2) is 6.53. The zero-order valence-corrected chi connectivity index (χ0v) is 12.5. The van der Waals surface area contributed by atoms with E-state index < -0.39 is 0 Å². The summed E-state index contributed by atoms with van der Waals surface area (Å²) in [6.07, 6.45) is 0. The van der Waals surface area contributed by atoms with Gasteiger partial charge in [-0.25, -0.2) is 14.4 Å². The summed E-state index contributed by atoms with van der Waals surface area (Å²) in [5.41, 5.74) is 8.22. The van der Waals surface area contributed by atoms with Crippen molar-refractivity contribution in [3.05, 3.63) is 42.2 Å². The number of hydrogen-bond donors (Lipinski definition) is 1. The molecule has 0 bridgehead atoms. The van der Waals surface area contributed by atoms with Crippen LogP contribution >= 0.6 is 0 Å². The number of nitrogens with two attached hydrogens (primary N) is 1. The summed E-state index contributed by atoms with van der Waals surface area (Å²) >= 11 is 0. The van der Waals surface area contributed by atoms with Crippen molar-refractivity contribution in [1.82, 2.24) is 15.0 Å². The first-order valence-electron chi connectivity index (χ1n) is 6.99. The first-order valence-corrected chi connectivity index (χ1v) is 6.99. The van der Waals surface area contributed by atoms with Gasteiger partial charge >= 0.3 is 0 Å². The number of anilines is 1. The smallest absolute Gasteiger partial charge is 0.245 e. The average molecular weight is 314 g/mol. The molecule has 0 aliphatic rings. The zero-order valence-electron chi connectivity index (χ0n) is 12.5. The third-order valence-electron chi connectivity index (χ3n) is 3.19. The summed E-state index contributed by atoms with van der Waals surface area (Å²) in [5, 5.41) is 0. The van der Waals surface area contributed by atoms with Crippen molar-refractivity contribution >= 4 is 17.0 Å². The van der Waals surface area contributed by atoms with Crippen molar-refractivity contribution < 1.29 is 13.9 Å². The molecule has 0 aliphatic carbocycles. The van der Waals surface area contributed by atoms with Crippen LogP contribution in [0.4, 0.5) is 10.3 Å². The summed E-state index contributed by atoms with van der Waals surface area (Å²) in [5.74, 6) is 0.115. The molecule has 0 saturated heterocycles. The molecule has 0 atom stereocenters. The van der Waals surface area contributed by atoms with Gasteiger partial charge in [-0.1, -0.05) is 0 Å². The molecule has 2 heterocycles. The number of hydrogen-bond acceptors (Lipinski definition) is 6. The van der Waals surface area contributed by atoms with E-state index in [-0.39, 0.29) is 11.8 Å². The molecule has 1 aromatic carbocycles. The number of fused-ring (bicyclic) bond motifs is 1. The molecule has 7 heteroatoms. The lowest BCUT2D eigenvalue weighted by molar-refractivity contribution is 0.144. The number of benzene rings is 1. The quantitative estimate of drug-likeness (QED) is 0.728. The summed E-state index contributed by atoms with van der Waals surface area (Å²) in [6, 6.07) is 9.66. The maximum absolute atomic E-state index is 13.1. The van der Waals surface area contributed by atoms with Gasteiger partial charge in [-0.2, -0.15) is 4.98 Å². The van der Waals surface area contributed by atoms with E-state index >= 15 is 0 Å². The number of nitrogen functional groups attached to an aromatic ring is 1. The zero-order chi connectivity index (χ0) is 16.2. The predicted octanol–water partition coefficient (Wildman–Crippen LogP) is 2.44. The normalized spacial score (nSPS) is 10.9. The minimum absolute atomic E-state index is 0.112. The van der Waals surface area contributed by atoms with Crippen molar-refractivity contribution in [2.24, 2.45) is 0 Å². The van der Waals surface area contributed by atoms with Gasteiger partial charge in [0.2, 0.25) is 11.8 Å². The van der Waals surface area contributed by atoms with E-state index in [0.29, 0.717) is 35.8 Å². The van der Waals surface area contributed by atoms with Crippen LogP contribution in [0.15, 0.2) is 36.4 Å². The van der Waals surface area contributed by atoms with Crippen LogP contribution < -0.4 is 10.5 Å². The van der Waals surface area contributed by atoms with Gasteiger partial charge in [0.25, 0.3) is 0 Å². The molecule has 0 aliphatic heterocycles. The van der Waals surface area contributed by atoms with Gasteiger partial charge < -0.3 is 15.2 Å². The number of methoxy groups -OCH3 is 1. The Hall–Kier alpha value is -2.80. The van der Waals surface area contributed by atoms with E-state index in [1.54, 1.807) is 31.4 Å². The lowest BCUT2D eigenvalue weighted by Crippen LogP contribution is -2.08. The fourth-order valence-corrected chi connectivity index (χ4v) is 2.11. The molecule has 2 aromatic heterocycles. The van der Waals surface area contributed by atoms with Crippen LogP contribution in [0.5, 0.6) is 5.88 Å². The van der Waals surface area contributed by atoms with Crippen LogP contribution in [0, 0.1) is 5.82 Å². The van der Waals surface area contributed by atoms with Crippen LogP contribution in [0.2, 0.25) is 0 Å². The Morgan fingerprint density at radius 3 is 2.52 bits per heavy atom. The van der Waals surface area contributed by atoms with Crippen molar-refractivity contribution in [3.8, 4) is 17.1 Å². The largest absolute Gasteiger partial charge is 0.474 e. The number of pyridine rings is 1. The van der Waals surface area contributed by atoms with E-state index in [9.17, 15) is 4.39 Å². The van der Waals surface area contributed by atoms with E-state index in [2.05, 4.69) is 15.0 Å². The highest BCUT2D eigenvalue weighted by atomic mass is 19.1. The van der Waals surface area contributed by atoms with E-state index in [1.807, 2.05) is 0 Å². The number of ether oxygens (including phenoxy) is 2. The Morgan fingerprint density at radius 1 is 1.00 bits per heavy atom. The van der Waals surface area contributed by atoms with Crippen LogP contribution in [0.1, 0.15) is 0 Å². The second-order valence-electron chi connectivity index (χ2n) is 4.80. The monoisotopic (exact) mass is 314 g/mol. The molecule has 3 rings (SSSR count). The Kier molecular flexibility index (Phi) is 4.29. The average Bonchev–Trinajstić information content (AvgIpc) is 2.55. The maximum atomic E-state index is 13.1. The lowest BCUT2D eigenvalue weighted by atomic mass is 10.1. The third kappa shape index (κ3) is 3.35. The van der Waals surface area contributed by atoms with Gasteiger partial charge in [0.15, 0.2) is 5.52 Å². The van der Waals surface area contributed by atoms with Crippen molar-refractivity contribution in [2.75, 3.05) is 26.1 Å². The van der Waals surface area contributed by atoms with Gasteiger partial charge in [-0.3, -0.25) is 0 Å². The first-order chi connectivity index (χ1) is 11.2. The summed E-state index contributed by atoms with van der Waals surface area (Å²) in [7, 11) is 1.58. The molecule has 0 unspecified atom stereocenters. The Bertz CT molecular complexity index is 824. The maximum Gasteiger partial charge on any atom is 0.245 e. The number of nitrogens with zero attached hydrogens (tertiary/aromatic N) is 3. The van der Waals surface area contributed by atoms with Crippen LogP contribution in [0.25, 0.3) is 22.3 Å². The van der Waals surface area contributed by atoms with Crippen molar-refractivity contribution in [3.63, 3.8) is 0 Å². The minimum Gasteiger partial charge on any atom is -0.474 e. The van der Waals surface area contributed by atoms with Gasteiger partial charge in [0, 0.05) is 12.7 Å². The Morgan fingerprint density at radius 2 is 1.78 bits per heavy atom. The first kappa shape index (κ1) is 15.1. The third-order valence-corrected chi connectivity index (χ3v) is 3.19. The standard InChI is InChI=1S/C16H15FN4O2/c1-22-8-9-23-15-14-13(20-16(18)21-15)7-6-12(19-14)10-2-4-11(17)5-3-10/h2-7H,8-9H2,1H3,(H2,18,20,21). The molecule has 0 radical (unpaired) electrons. The van der Waals surface area contributed by atoms with Crippen LogP contribution in [0.3, 0.4) is 0 Å². The molecule has 3 aromatic rings. The van der Waals surface area contributed by atoms with E-state index in [0.717, 1.165) is 5.56 Å². The highest BCUT2D eigenvalue weighted by molar-refractivity contribution is 5.83. The van der Waals surface area contributed by atoms with Crippen LogP contribution in [-0.2, 0) is 4.74 Å². The number of aromatic nitrogens is 3. The highest BCUT2D eigenvalue weighted by Crippen LogP contribution is 2.25. The molecule has 0 fully saturated rings. The Labute approximate surface area is 132 Å². The van der Waals surface area contributed by atoms with Gasteiger partial charge in [-0.15, -0.1) is 0 Å². The molecule has 118 valence electrons. The topological polar surface area (TPSA) is 83.2 Å². The minimum atomic E-state index is -0.297. The highest BCUT2D eigenvalue weighted by Gasteiger charge is 2.11. The predicted molar refractivity (Wildman–Crippen MR) is 84.5 cm³/mol. The molecular formula is C16H15FN4O2. The molecule has 0 saturated carbocycles. The molecule has 0 amide bonds. The summed E-state index contributed by atoms with van der Waals surface area (Å²) in [6.45, 7) is 0.744. The van der Waals surface area contributed by atoms with E-state index in [1.165, 1.54) is 12.1 Å². The molecular weight excluding hydrogens is 299 g/mol. The summed E-state index contributed by atoms with van der Waals surface area (Å²) < 4.78 is 23.6. The molecule has 0 spiro atoms. The van der Waals surface area contributed by atoms with Crippen LogP contribution in [-0.4, -0.2) is 35.3 Å². The summed E-state index contributed by atoms with van der Waals surface area (Å²) in [4.78, 5) is 12.8. The number of rotatable bonds is 5. The van der Waals surface area contributed by atoms with Gasteiger partial charge in [0.1, 0.15) is 12.4 Å². The van der Waals surface area contributed by atoms with Crippen molar-refractivity contribution in [1.29, 1.82) is 0 Å². The van der Waals surface area contributed by atoms with E-state index in [4.69, 9.17) is 15.2 Å². The SMILES string of the molecule is COCCOc1nc(N)nc2ccc(-c3ccc(F)cc3)nc12. The number of halogens is 1. The Balaban J connectivity index is 2.04. The lowest BCUT2D eigenvalue weighted by Gasteiger charge is -2.09.